The number of ether oxygens (including phenoxy) is 2. The van der Waals surface area contributed by atoms with E-state index in [2.05, 4.69) is 34.9 Å². The summed E-state index contributed by atoms with van der Waals surface area (Å²) in [6.45, 7) is 8.87. The van der Waals surface area contributed by atoms with Crippen molar-refractivity contribution in [2.75, 3.05) is 39.9 Å². The number of terminal acetylenes is 1. The van der Waals surface area contributed by atoms with Gasteiger partial charge in [-0.15, -0.1) is 12.3 Å². The minimum absolute atomic E-state index is 0.0434. The zero-order valence-electron chi connectivity index (χ0n) is 31.8. The number of piperidine rings is 1. The number of aliphatic hydroxyl groups is 1. The summed E-state index contributed by atoms with van der Waals surface area (Å²) in [5, 5.41) is 15.0. The van der Waals surface area contributed by atoms with E-state index in [1.54, 1.807) is 4.90 Å². The van der Waals surface area contributed by atoms with Crippen LogP contribution in [0.2, 0.25) is 0 Å². The van der Waals surface area contributed by atoms with Crippen molar-refractivity contribution in [3.05, 3.63) is 0 Å². The summed E-state index contributed by atoms with van der Waals surface area (Å²) in [7, 11) is 1.29. The van der Waals surface area contributed by atoms with Gasteiger partial charge in [0, 0.05) is 52.8 Å². The minimum atomic E-state index is -1.05. The van der Waals surface area contributed by atoms with Crippen LogP contribution in [-0.2, 0) is 38.2 Å². The van der Waals surface area contributed by atoms with Gasteiger partial charge in [0.25, 0.3) is 0 Å². The predicted octanol–water partition coefficient (Wildman–Crippen LogP) is 4.12. The monoisotopic (exact) mass is 688 g/mol. The first-order valence-corrected chi connectivity index (χ1v) is 16.9. The second-order valence-electron chi connectivity index (χ2n) is 11.3. The molecule has 0 atom stereocenters. The number of esters is 3. The van der Waals surface area contributed by atoms with Crippen molar-refractivity contribution >= 4 is 35.7 Å². The first-order valence-electron chi connectivity index (χ1n) is 18.0. The molecule has 0 aromatic rings. The van der Waals surface area contributed by atoms with Gasteiger partial charge in [0.2, 0.25) is 13.2 Å². The molecule has 13 nitrogen and oxygen atoms in total. The molecule has 2 aliphatic rings. The maximum absolute atomic E-state index is 12.5. The molecule has 0 saturated carbocycles. The van der Waals surface area contributed by atoms with Crippen LogP contribution in [-0.4, -0.2) is 92.1 Å². The van der Waals surface area contributed by atoms with Crippen molar-refractivity contribution < 1.29 is 49.8 Å². The van der Waals surface area contributed by atoms with Crippen molar-refractivity contribution in [2.45, 2.75) is 130 Å². The molecule has 0 aliphatic carbocycles. The van der Waals surface area contributed by atoms with Crippen molar-refractivity contribution in [3.8, 4) is 12.3 Å². The number of hydrogen-bond acceptors (Lipinski definition) is 10. The summed E-state index contributed by atoms with van der Waals surface area (Å²) < 4.78 is 22.9. The van der Waals surface area contributed by atoms with Gasteiger partial charge >= 0.3 is 23.9 Å². The van der Waals surface area contributed by atoms with Crippen LogP contribution in [0.5, 0.6) is 0 Å². The third-order valence-electron chi connectivity index (χ3n) is 6.88. The molecule has 5 N–H and O–H groups in total. The summed E-state index contributed by atoms with van der Waals surface area (Å²) in [4.78, 5) is 68.2. The fraction of sp³-hybridized carbons (Fsp3) is 0.771. The number of nitrogens with one attached hydrogen (secondary N) is 1. The zero-order valence-corrected chi connectivity index (χ0v) is 29.8. The quantitative estimate of drug-likeness (QED) is 0.0786. The van der Waals surface area contributed by atoms with Gasteiger partial charge in [0.1, 0.15) is 0 Å². The first-order chi connectivity index (χ1) is 23.8. The van der Waals surface area contributed by atoms with Crippen molar-refractivity contribution in [1.82, 2.24) is 10.2 Å². The lowest BCUT2D eigenvalue weighted by atomic mass is 9.81. The molecule has 0 aromatic carbocycles. The van der Waals surface area contributed by atoms with E-state index < -0.39 is 29.3 Å². The number of amides is 2. The minimum Gasteiger partial charge on any atom is -0.481 e. The maximum Gasteiger partial charge on any atom is 0.314 e. The normalized spacial score (nSPS) is 14.5. The van der Waals surface area contributed by atoms with E-state index in [1.165, 1.54) is 20.0 Å². The molecule has 0 aromatic heterocycles. The van der Waals surface area contributed by atoms with Gasteiger partial charge in [-0.25, -0.2) is 0 Å². The molecule has 48 heavy (non-hydrogen) atoms. The highest BCUT2D eigenvalue weighted by atomic mass is 16.6. The first kappa shape index (κ1) is 44.5. The molecular weight excluding hydrogens is 622 g/mol. The van der Waals surface area contributed by atoms with Crippen LogP contribution in [0.1, 0.15) is 132 Å². The maximum atomic E-state index is 12.5. The molecule has 0 radical (unpaired) electrons. The van der Waals surface area contributed by atoms with E-state index in [0.717, 1.165) is 38.6 Å². The average molecular weight is 689 g/mol. The van der Waals surface area contributed by atoms with Crippen LogP contribution in [0.15, 0.2) is 0 Å². The topological polar surface area (TPSA) is 203 Å². The van der Waals surface area contributed by atoms with Gasteiger partial charge in [0.15, 0.2) is 0 Å². The Morgan fingerprint density at radius 3 is 2.04 bits per heavy atom. The fourth-order valence-corrected chi connectivity index (χ4v) is 3.89. The number of carboxylic acids is 1. The molecular formula is C35H63N3O10. The third kappa shape index (κ3) is 31.1. The van der Waals surface area contributed by atoms with Gasteiger partial charge in [0.05, 0.1) is 32.3 Å². The van der Waals surface area contributed by atoms with Crippen LogP contribution in [0.25, 0.3) is 0 Å². The Morgan fingerprint density at radius 1 is 1.02 bits per heavy atom. The number of nitrogens with two attached hydrogens (primary N) is 1. The summed E-state index contributed by atoms with van der Waals surface area (Å²) in [6.07, 6.45) is 14.8. The molecule has 0 unspecified atom stereocenters. The molecule has 278 valence electrons. The number of cyclic esters (lactones) is 2. The largest absolute Gasteiger partial charge is 0.481 e. The molecule has 0 spiro atoms. The van der Waals surface area contributed by atoms with Crippen molar-refractivity contribution in [3.63, 3.8) is 0 Å². The Hall–Kier alpha value is -3.50. The second kappa shape index (κ2) is 33.4. The fourth-order valence-electron chi connectivity index (χ4n) is 3.89. The van der Waals surface area contributed by atoms with E-state index in [9.17, 15) is 28.8 Å². The Kier molecular flexibility index (Phi) is 31.0. The zero-order chi connectivity index (χ0) is 38.6. The lowest BCUT2D eigenvalue weighted by Gasteiger charge is -2.39. The van der Waals surface area contributed by atoms with Crippen molar-refractivity contribution in [1.29, 1.82) is 1.43 Å². The summed E-state index contributed by atoms with van der Waals surface area (Å²) in [6, 6.07) is 0. The molecule has 0 bridgehead atoms. The number of carbonyl (C=O) groups is 6. The lowest BCUT2D eigenvalue weighted by Crippen LogP contribution is -2.44. The number of carbonyl (C=O) groups excluding carboxylic acids is 5. The van der Waals surface area contributed by atoms with Crippen LogP contribution >= 0.6 is 0 Å². The molecule has 2 amide bonds. The number of nitrogens with zero attached hydrogens (tertiary/aromatic N) is 1. The van der Waals surface area contributed by atoms with Gasteiger partial charge in [-0.05, 0) is 45.1 Å². The molecule has 2 aliphatic heterocycles. The Bertz CT molecular complexity index is 966. The van der Waals surface area contributed by atoms with E-state index >= 15 is 0 Å². The summed E-state index contributed by atoms with van der Waals surface area (Å²) >= 11 is 0. The van der Waals surface area contributed by atoms with Gasteiger partial charge in [-0.3, -0.25) is 28.8 Å². The highest BCUT2D eigenvalue weighted by Gasteiger charge is 2.33. The number of carboxylic acid groups (broad SMARTS) is 1. The van der Waals surface area contributed by atoms with Gasteiger partial charge in [-0.2, -0.15) is 0 Å². The predicted molar refractivity (Wildman–Crippen MR) is 184 cm³/mol. The van der Waals surface area contributed by atoms with Gasteiger partial charge < -0.3 is 35.6 Å². The molecule has 2 heterocycles. The van der Waals surface area contributed by atoms with E-state index in [4.69, 9.17) is 24.8 Å². The number of unbranched alkanes of at least 4 members (excludes halogenated alkanes) is 5. The molecule has 2 saturated heterocycles. The Morgan fingerprint density at radius 2 is 1.58 bits per heavy atom. The number of rotatable bonds is 16. The highest BCUT2D eigenvalue weighted by Crippen LogP contribution is 2.31. The Balaban J connectivity index is -0.00000106. The molecule has 2 rings (SSSR count). The standard InChI is InChI=1S/C24H38N2O6.C4H4O3.C4H10.C2H7N.CH4O/c1-3-4-5-7-10-20(27)25-16-9-6-8-11-21(28)26-17-14-24(2,15-18-26)19-32-23(31)13-12-22(29)30;5-3-1-2-4(6)7-3;1-3-4-2;1-2-3;1-2/h1H,4-19H2,2H3,(H,25,27)(H,29,30);1-2H2;3-4H2,1-2H3;2-3H2,1H3;2H,1H3/i2D;;;;2T. The van der Waals surface area contributed by atoms with Gasteiger partial charge in [-0.1, -0.05) is 46.9 Å². The number of hydrogen-bond donors (Lipinski definition) is 4. The second-order valence-corrected chi connectivity index (χ2v) is 11.3. The summed E-state index contributed by atoms with van der Waals surface area (Å²) in [5.41, 5.74) is 4.37. The number of aliphatic carboxylic acids is 1. The number of aliphatic hydroxyl groups excluding tert-OH is 1. The summed E-state index contributed by atoms with van der Waals surface area (Å²) in [5.74, 6) is 0.278. The van der Waals surface area contributed by atoms with Crippen LogP contribution < -0.4 is 11.1 Å². The third-order valence-corrected chi connectivity index (χ3v) is 6.88. The number of likely N-dealkylation sites (tertiary alicyclic amines) is 1. The average Bonchev–Trinajstić information content (AvgIpc) is 3.49. The lowest BCUT2D eigenvalue weighted by molar-refractivity contribution is -0.152. The van der Waals surface area contributed by atoms with E-state index in [0.29, 0.717) is 51.7 Å². The van der Waals surface area contributed by atoms with Crippen LogP contribution in [0.3, 0.4) is 0 Å². The molecule has 2 fully saturated rings. The molecule has 13 heteroatoms. The smallest absolute Gasteiger partial charge is 0.314 e. The highest BCUT2D eigenvalue weighted by molar-refractivity contribution is 5.92. The van der Waals surface area contributed by atoms with Crippen molar-refractivity contribution in [2.24, 2.45) is 11.1 Å². The van der Waals surface area contributed by atoms with E-state index in [1.807, 2.05) is 6.92 Å². The van der Waals surface area contributed by atoms with E-state index in [-0.39, 0.29) is 51.0 Å². The Labute approximate surface area is 290 Å². The van der Waals surface area contributed by atoms with Crippen LogP contribution in [0.4, 0.5) is 0 Å². The van der Waals surface area contributed by atoms with Crippen LogP contribution in [0, 0.1) is 17.8 Å². The SMILES string of the molecule is CCCC.CCN.O=C1CCC(=O)O1.[2H]CC1(COC(=O)CCC(=O)O)CCN(C(=O)CCCCCNC(=O)CCCCC#C)CC1.[3H]OC.